The van der Waals surface area contributed by atoms with Crippen LogP contribution in [0.5, 0.6) is 0 Å². The van der Waals surface area contributed by atoms with Crippen LogP contribution in [0.15, 0.2) is 48.5 Å². The lowest BCUT2D eigenvalue weighted by molar-refractivity contribution is 0.192. The molecule has 2 heterocycles. The van der Waals surface area contributed by atoms with Crippen molar-refractivity contribution in [2.75, 3.05) is 38.1 Å². The van der Waals surface area contributed by atoms with Crippen LogP contribution in [-0.2, 0) is 6.42 Å². The number of nitrogens with two attached hydrogens (primary N) is 1. The average molecular weight is 393 g/mol. The normalized spacial score (nSPS) is 20.9. The molecule has 0 atom stereocenters. The van der Waals surface area contributed by atoms with Crippen molar-refractivity contribution in [3.63, 3.8) is 0 Å². The molecule has 0 amide bonds. The molecule has 0 unspecified atom stereocenters. The van der Waals surface area contributed by atoms with Gasteiger partial charge in [0.2, 0.25) is 0 Å². The Hall–Kier alpha value is -2.44. The fourth-order valence-corrected chi connectivity index (χ4v) is 4.43. The Morgan fingerprint density at radius 3 is 2.86 bits per heavy atom. The number of allylic oxidation sites excluding steroid dienone is 5. The van der Waals surface area contributed by atoms with Gasteiger partial charge in [0.15, 0.2) is 0 Å². The highest BCUT2D eigenvalue weighted by atomic mass is 15.4. The minimum atomic E-state index is 0.213. The Bertz CT molecular complexity index is 862. The fourth-order valence-electron chi connectivity index (χ4n) is 4.43. The molecule has 154 valence electrons. The molecule has 1 aliphatic heterocycles. The number of rotatable bonds is 5. The van der Waals surface area contributed by atoms with Gasteiger partial charge in [-0.3, -0.25) is 4.90 Å². The summed E-state index contributed by atoms with van der Waals surface area (Å²) in [6.07, 6.45) is 16.8. The molecule has 2 fully saturated rings. The first kappa shape index (κ1) is 19.9. The molecular formula is C23H32N6. The molecule has 1 aromatic heterocycles. The number of hydrogen-bond donors (Lipinski definition) is 1. The van der Waals surface area contributed by atoms with Gasteiger partial charge in [0.05, 0.1) is 5.69 Å². The van der Waals surface area contributed by atoms with Gasteiger partial charge >= 0.3 is 0 Å². The Kier molecular flexibility index (Phi) is 5.56. The number of hydrazine groups is 1. The van der Waals surface area contributed by atoms with Crippen molar-refractivity contribution in [1.29, 1.82) is 0 Å². The van der Waals surface area contributed by atoms with E-state index in [-0.39, 0.29) is 5.54 Å². The maximum Gasteiger partial charge on any atom is 0.139 e. The highest BCUT2D eigenvalue weighted by Crippen LogP contribution is 2.45. The van der Waals surface area contributed by atoms with E-state index in [1.807, 2.05) is 14.0 Å². The third-order valence-electron chi connectivity index (χ3n) is 6.12. The monoisotopic (exact) mass is 392 g/mol. The first-order chi connectivity index (χ1) is 14.0. The molecule has 3 aliphatic rings. The van der Waals surface area contributed by atoms with E-state index in [0.29, 0.717) is 0 Å². The second-order valence-electron chi connectivity index (χ2n) is 8.56. The van der Waals surface area contributed by atoms with E-state index in [1.165, 1.54) is 18.4 Å². The Balaban J connectivity index is 1.58. The zero-order valence-electron chi connectivity index (χ0n) is 17.6. The van der Waals surface area contributed by atoms with Gasteiger partial charge in [0.25, 0.3) is 0 Å². The van der Waals surface area contributed by atoms with Gasteiger partial charge in [0.1, 0.15) is 12.1 Å². The van der Waals surface area contributed by atoms with E-state index in [9.17, 15) is 0 Å². The van der Waals surface area contributed by atoms with Gasteiger partial charge in [-0.25, -0.2) is 15.8 Å². The number of nitrogens with zero attached hydrogens (tertiary/aromatic N) is 5. The SMILES string of the molecule is C=C(C)C=C(CN1CCCN(c2ncnc3c2C=CC=CC3)CC12CC2)N(C)N. The fraction of sp³-hybridized carbons (Fsp3) is 0.478. The van der Waals surface area contributed by atoms with Crippen LogP contribution in [0.3, 0.4) is 0 Å². The lowest BCUT2D eigenvalue weighted by Crippen LogP contribution is -2.46. The third kappa shape index (κ3) is 4.28. The summed E-state index contributed by atoms with van der Waals surface area (Å²) in [6, 6.07) is 0. The Morgan fingerprint density at radius 2 is 2.14 bits per heavy atom. The van der Waals surface area contributed by atoms with Crippen LogP contribution in [-0.4, -0.2) is 58.6 Å². The van der Waals surface area contributed by atoms with Crippen molar-refractivity contribution in [2.24, 2.45) is 5.84 Å². The van der Waals surface area contributed by atoms with E-state index >= 15 is 0 Å². The van der Waals surface area contributed by atoms with Gasteiger partial charge in [-0.2, -0.15) is 0 Å². The molecule has 0 aromatic carbocycles. The van der Waals surface area contributed by atoms with Gasteiger partial charge in [-0.1, -0.05) is 30.4 Å². The van der Waals surface area contributed by atoms with Gasteiger partial charge in [-0.15, -0.1) is 0 Å². The Labute approximate surface area is 174 Å². The van der Waals surface area contributed by atoms with Crippen molar-refractivity contribution in [2.45, 2.75) is 38.1 Å². The number of anilines is 1. The first-order valence-corrected chi connectivity index (χ1v) is 10.5. The molecule has 1 spiro atoms. The second-order valence-corrected chi connectivity index (χ2v) is 8.56. The molecule has 0 radical (unpaired) electrons. The van der Waals surface area contributed by atoms with Crippen LogP contribution < -0.4 is 10.7 Å². The number of fused-ring (bicyclic) bond motifs is 1. The molecule has 2 N–H and O–H groups in total. The van der Waals surface area contributed by atoms with Crippen molar-refractivity contribution in [3.8, 4) is 0 Å². The van der Waals surface area contributed by atoms with Crippen molar-refractivity contribution in [1.82, 2.24) is 19.9 Å². The maximum absolute atomic E-state index is 6.12. The van der Waals surface area contributed by atoms with Crippen LogP contribution >= 0.6 is 0 Å². The molecule has 1 aromatic rings. The average Bonchev–Trinajstić information content (AvgIpc) is 3.50. The van der Waals surface area contributed by atoms with E-state index in [0.717, 1.165) is 61.8 Å². The van der Waals surface area contributed by atoms with Crippen molar-refractivity contribution in [3.05, 3.63) is 59.7 Å². The summed E-state index contributed by atoms with van der Waals surface area (Å²) in [5, 5.41) is 1.73. The Morgan fingerprint density at radius 1 is 1.31 bits per heavy atom. The summed E-state index contributed by atoms with van der Waals surface area (Å²) < 4.78 is 0. The first-order valence-electron chi connectivity index (χ1n) is 10.5. The summed E-state index contributed by atoms with van der Waals surface area (Å²) in [5.41, 5.74) is 4.64. The lowest BCUT2D eigenvalue weighted by Gasteiger charge is -2.34. The quantitative estimate of drug-likeness (QED) is 0.472. The summed E-state index contributed by atoms with van der Waals surface area (Å²) >= 11 is 0. The molecule has 0 bridgehead atoms. The summed E-state index contributed by atoms with van der Waals surface area (Å²) in [6.45, 7) is 10.0. The molecule has 4 rings (SSSR count). The summed E-state index contributed by atoms with van der Waals surface area (Å²) in [5.74, 6) is 7.20. The highest BCUT2D eigenvalue weighted by molar-refractivity contribution is 5.68. The number of aromatic nitrogens is 2. The number of likely N-dealkylation sites (N-methyl/N-ethyl adjacent to an activating group) is 1. The van der Waals surface area contributed by atoms with Crippen molar-refractivity contribution < 1.29 is 0 Å². The van der Waals surface area contributed by atoms with Gasteiger partial charge in [-0.05, 0) is 38.3 Å². The van der Waals surface area contributed by atoms with Crippen LogP contribution in [0, 0.1) is 0 Å². The van der Waals surface area contributed by atoms with Gasteiger partial charge < -0.3 is 9.91 Å². The number of hydrogen-bond acceptors (Lipinski definition) is 6. The molecule has 6 heteroatoms. The second kappa shape index (κ2) is 8.13. The van der Waals surface area contributed by atoms with Crippen LogP contribution in [0.2, 0.25) is 0 Å². The molecular weight excluding hydrogens is 360 g/mol. The minimum absolute atomic E-state index is 0.213. The van der Waals surface area contributed by atoms with Crippen LogP contribution in [0.4, 0.5) is 5.82 Å². The molecule has 2 aliphatic carbocycles. The van der Waals surface area contributed by atoms with E-state index in [2.05, 4.69) is 51.7 Å². The van der Waals surface area contributed by atoms with Crippen LogP contribution in [0.1, 0.15) is 37.4 Å². The third-order valence-corrected chi connectivity index (χ3v) is 6.12. The highest BCUT2D eigenvalue weighted by Gasteiger charge is 2.50. The maximum atomic E-state index is 6.12. The molecule has 6 nitrogen and oxygen atoms in total. The van der Waals surface area contributed by atoms with Crippen LogP contribution in [0.25, 0.3) is 6.08 Å². The zero-order chi connectivity index (χ0) is 20.4. The molecule has 1 saturated heterocycles. The summed E-state index contributed by atoms with van der Waals surface area (Å²) in [7, 11) is 1.91. The van der Waals surface area contributed by atoms with E-state index < -0.39 is 0 Å². The topological polar surface area (TPSA) is 61.5 Å². The van der Waals surface area contributed by atoms with Gasteiger partial charge in [0, 0.05) is 56.4 Å². The lowest BCUT2D eigenvalue weighted by atomic mass is 10.1. The largest absolute Gasteiger partial charge is 0.354 e. The predicted molar refractivity (Wildman–Crippen MR) is 119 cm³/mol. The molecule has 29 heavy (non-hydrogen) atoms. The smallest absolute Gasteiger partial charge is 0.139 e. The predicted octanol–water partition coefficient (Wildman–Crippen LogP) is 2.91. The minimum Gasteiger partial charge on any atom is -0.354 e. The van der Waals surface area contributed by atoms with E-state index in [1.54, 1.807) is 11.3 Å². The molecule has 1 saturated carbocycles. The summed E-state index contributed by atoms with van der Waals surface area (Å²) in [4.78, 5) is 14.3. The standard InChI is InChI=1S/C23H32N6/c1-18(2)14-19(27(3)24)15-29-13-7-12-28(16-23(29)10-11-23)22-20-8-5-4-6-9-21(20)25-17-26-22/h4-6,8,14,17H,1,7,9-13,15-16,24H2,2-3H3. The zero-order valence-corrected chi connectivity index (χ0v) is 17.6. The van der Waals surface area contributed by atoms with Crippen molar-refractivity contribution >= 4 is 11.9 Å². The van der Waals surface area contributed by atoms with E-state index in [4.69, 9.17) is 10.8 Å².